The fourth-order valence-corrected chi connectivity index (χ4v) is 2.72. The molecule has 2 aromatic rings. The molecule has 0 saturated carbocycles. The van der Waals surface area contributed by atoms with Gasteiger partial charge in [0.25, 0.3) is 0 Å². The molecule has 4 nitrogen and oxygen atoms in total. The highest BCUT2D eigenvalue weighted by Crippen LogP contribution is 2.11. The average molecular weight is 324 g/mol. The zero-order valence-corrected chi connectivity index (χ0v) is 15.2. The summed E-state index contributed by atoms with van der Waals surface area (Å²) in [7, 11) is 8.08. The molecule has 0 amide bonds. The third-order valence-electron chi connectivity index (χ3n) is 3.88. The number of benzene rings is 2. The standard InChI is InChI=1S/C20H28N4/c1-21-20(24(4)15-17-10-6-5-7-11-17)22-14-18-12-8-9-13-19(18)16-23(2)3/h5-13H,14-16H2,1-4H3,(H,21,22). The quantitative estimate of drug-likeness (QED) is 0.655. The van der Waals surface area contributed by atoms with Gasteiger partial charge in [0.15, 0.2) is 5.96 Å². The molecule has 0 spiro atoms. The van der Waals surface area contributed by atoms with Crippen LogP contribution in [0.1, 0.15) is 16.7 Å². The molecule has 0 aliphatic heterocycles. The zero-order valence-electron chi connectivity index (χ0n) is 15.2. The molecule has 0 radical (unpaired) electrons. The summed E-state index contributed by atoms with van der Waals surface area (Å²) in [5, 5.41) is 3.48. The third-order valence-corrected chi connectivity index (χ3v) is 3.88. The van der Waals surface area contributed by atoms with E-state index in [1.165, 1.54) is 16.7 Å². The SMILES string of the molecule is CN=C(NCc1ccccc1CN(C)C)N(C)Cc1ccccc1. The second-order valence-corrected chi connectivity index (χ2v) is 6.25. The summed E-state index contributed by atoms with van der Waals surface area (Å²) in [6.45, 7) is 2.55. The van der Waals surface area contributed by atoms with Gasteiger partial charge in [0.1, 0.15) is 0 Å². The van der Waals surface area contributed by atoms with Crippen molar-refractivity contribution in [3.63, 3.8) is 0 Å². The van der Waals surface area contributed by atoms with E-state index in [4.69, 9.17) is 0 Å². The normalized spacial score (nSPS) is 11.6. The summed E-state index contributed by atoms with van der Waals surface area (Å²) in [5.74, 6) is 0.901. The highest BCUT2D eigenvalue weighted by atomic mass is 15.3. The lowest BCUT2D eigenvalue weighted by molar-refractivity contribution is 0.400. The van der Waals surface area contributed by atoms with E-state index in [-0.39, 0.29) is 0 Å². The Labute approximate surface area is 145 Å². The second kappa shape index (κ2) is 9.08. The van der Waals surface area contributed by atoms with Crippen molar-refractivity contribution in [2.75, 3.05) is 28.2 Å². The Kier molecular flexibility index (Phi) is 6.82. The van der Waals surface area contributed by atoms with Crippen LogP contribution in [0.25, 0.3) is 0 Å². The summed E-state index contributed by atoms with van der Waals surface area (Å²) < 4.78 is 0. The van der Waals surface area contributed by atoms with Crippen molar-refractivity contribution in [3.8, 4) is 0 Å². The molecule has 4 heteroatoms. The second-order valence-electron chi connectivity index (χ2n) is 6.25. The highest BCUT2D eigenvalue weighted by Gasteiger charge is 2.08. The predicted octanol–water partition coefficient (Wildman–Crippen LogP) is 2.96. The van der Waals surface area contributed by atoms with Gasteiger partial charge in [0.2, 0.25) is 0 Å². The van der Waals surface area contributed by atoms with Crippen LogP contribution in [0.5, 0.6) is 0 Å². The molecule has 128 valence electrons. The summed E-state index contributed by atoms with van der Waals surface area (Å²) >= 11 is 0. The smallest absolute Gasteiger partial charge is 0.193 e. The Hall–Kier alpha value is -2.33. The van der Waals surface area contributed by atoms with E-state index >= 15 is 0 Å². The van der Waals surface area contributed by atoms with Gasteiger partial charge in [-0.15, -0.1) is 0 Å². The number of rotatable bonds is 6. The minimum Gasteiger partial charge on any atom is -0.352 e. The van der Waals surface area contributed by atoms with Crippen LogP contribution in [0.3, 0.4) is 0 Å². The lowest BCUT2D eigenvalue weighted by Crippen LogP contribution is -2.38. The summed E-state index contributed by atoms with van der Waals surface area (Å²) in [6, 6.07) is 19.0. The maximum atomic E-state index is 4.41. The summed E-state index contributed by atoms with van der Waals surface area (Å²) in [4.78, 5) is 8.74. The van der Waals surface area contributed by atoms with Crippen molar-refractivity contribution >= 4 is 5.96 Å². The predicted molar refractivity (Wildman–Crippen MR) is 102 cm³/mol. The fraction of sp³-hybridized carbons (Fsp3) is 0.350. The lowest BCUT2D eigenvalue weighted by Gasteiger charge is -2.23. The largest absolute Gasteiger partial charge is 0.352 e. The minimum absolute atomic E-state index is 0.774. The van der Waals surface area contributed by atoms with E-state index in [1.807, 2.05) is 13.1 Å². The molecule has 0 saturated heterocycles. The van der Waals surface area contributed by atoms with E-state index in [0.29, 0.717) is 0 Å². The maximum absolute atomic E-state index is 4.41. The van der Waals surface area contributed by atoms with Crippen LogP contribution in [0, 0.1) is 0 Å². The Morgan fingerprint density at radius 2 is 1.50 bits per heavy atom. The average Bonchev–Trinajstić information content (AvgIpc) is 2.57. The molecular weight excluding hydrogens is 296 g/mol. The number of nitrogens with zero attached hydrogens (tertiary/aromatic N) is 3. The molecule has 0 aliphatic carbocycles. The van der Waals surface area contributed by atoms with Crippen LogP contribution in [-0.4, -0.2) is 44.0 Å². The summed E-state index contributed by atoms with van der Waals surface area (Å²) in [6.07, 6.45) is 0. The zero-order chi connectivity index (χ0) is 17.4. The van der Waals surface area contributed by atoms with Gasteiger partial charge in [-0.1, -0.05) is 54.6 Å². The van der Waals surface area contributed by atoms with Crippen LogP contribution in [-0.2, 0) is 19.6 Å². The maximum Gasteiger partial charge on any atom is 0.193 e. The van der Waals surface area contributed by atoms with Gasteiger partial charge in [0, 0.05) is 33.7 Å². The van der Waals surface area contributed by atoms with Crippen molar-refractivity contribution in [1.82, 2.24) is 15.1 Å². The van der Waals surface area contributed by atoms with Crippen molar-refractivity contribution in [2.24, 2.45) is 4.99 Å². The molecule has 0 heterocycles. The minimum atomic E-state index is 0.774. The monoisotopic (exact) mass is 324 g/mol. The first-order chi connectivity index (χ1) is 11.6. The Morgan fingerprint density at radius 3 is 2.12 bits per heavy atom. The molecule has 0 aromatic heterocycles. The third kappa shape index (κ3) is 5.39. The molecule has 0 atom stereocenters. The number of hydrogen-bond acceptors (Lipinski definition) is 2. The van der Waals surface area contributed by atoms with E-state index in [2.05, 4.69) is 89.8 Å². The first kappa shape index (κ1) is 18.0. The Morgan fingerprint density at radius 1 is 0.875 bits per heavy atom. The van der Waals surface area contributed by atoms with Crippen molar-refractivity contribution in [1.29, 1.82) is 0 Å². The van der Waals surface area contributed by atoms with Crippen molar-refractivity contribution in [3.05, 3.63) is 71.3 Å². The van der Waals surface area contributed by atoms with Gasteiger partial charge in [0.05, 0.1) is 0 Å². The number of guanidine groups is 1. The van der Waals surface area contributed by atoms with Crippen LogP contribution >= 0.6 is 0 Å². The van der Waals surface area contributed by atoms with Gasteiger partial charge in [-0.05, 0) is 30.8 Å². The van der Waals surface area contributed by atoms with E-state index in [0.717, 1.165) is 25.6 Å². The van der Waals surface area contributed by atoms with Crippen LogP contribution < -0.4 is 5.32 Å². The van der Waals surface area contributed by atoms with Crippen molar-refractivity contribution in [2.45, 2.75) is 19.6 Å². The number of nitrogens with one attached hydrogen (secondary N) is 1. The first-order valence-electron chi connectivity index (χ1n) is 8.27. The van der Waals surface area contributed by atoms with Crippen LogP contribution in [0.2, 0.25) is 0 Å². The van der Waals surface area contributed by atoms with Gasteiger partial charge in [-0.3, -0.25) is 4.99 Å². The molecular formula is C20H28N4. The van der Waals surface area contributed by atoms with E-state index in [1.54, 1.807) is 0 Å². The lowest BCUT2D eigenvalue weighted by atomic mass is 10.1. The van der Waals surface area contributed by atoms with Crippen molar-refractivity contribution < 1.29 is 0 Å². The van der Waals surface area contributed by atoms with E-state index in [9.17, 15) is 0 Å². The first-order valence-corrected chi connectivity index (χ1v) is 8.27. The Balaban J connectivity index is 1.99. The molecule has 2 rings (SSSR count). The van der Waals surface area contributed by atoms with Crippen LogP contribution in [0.4, 0.5) is 0 Å². The molecule has 24 heavy (non-hydrogen) atoms. The molecule has 2 aromatic carbocycles. The molecule has 0 aliphatic rings. The molecule has 0 unspecified atom stereocenters. The highest BCUT2D eigenvalue weighted by molar-refractivity contribution is 5.79. The van der Waals surface area contributed by atoms with E-state index < -0.39 is 0 Å². The fourth-order valence-electron chi connectivity index (χ4n) is 2.72. The summed E-state index contributed by atoms with van der Waals surface area (Å²) in [5.41, 5.74) is 3.92. The van der Waals surface area contributed by atoms with Gasteiger partial charge in [-0.25, -0.2) is 0 Å². The van der Waals surface area contributed by atoms with Gasteiger partial charge >= 0.3 is 0 Å². The number of hydrogen-bond donors (Lipinski definition) is 1. The van der Waals surface area contributed by atoms with Crippen LogP contribution in [0.15, 0.2) is 59.6 Å². The van der Waals surface area contributed by atoms with Gasteiger partial charge in [-0.2, -0.15) is 0 Å². The number of aliphatic imine (C=N–C) groups is 1. The van der Waals surface area contributed by atoms with Gasteiger partial charge < -0.3 is 15.1 Å². The molecule has 0 fully saturated rings. The molecule has 0 bridgehead atoms. The molecule has 1 N–H and O–H groups in total. The Bertz CT molecular complexity index is 650. The topological polar surface area (TPSA) is 30.9 Å².